The molecule has 6 heteroatoms. The molecular weight excluding hydrogens is 248 g/mol. The van der Waals surface area contributed by atoms with Crippen LogP contribution in [0.4, 0.5) is 0 Å². The highest BCUT2D eigenvalue weighted by atomic mass is 16.5. The molecule has 1 heterocycles. The van der Waals surface area contributed by atoms with Crippen LogP contribution in [0, 0.1) is 0 Å². The maximum absolute atomic E-state index is 11.2. The van der Waals surface area contributed by atoms with Gasteiger partial charge in [-0.3, -0.25) is 5.10 Å². The first-order valence-electron chi connectivity index (χ1n) is 5.68. The number of nitrogens with zero attached hydrogens (tertiary/aromatic N) is 1. The van der Waals surface area contributed by atoms with Gasteiger partial charge in [-0.05, 0) is 30.7 Å². The Morgan fingerprint density at radius 2 is 2.26 bits per heavy atom. The molecule has 0 aliphatic rings. The van der Waals surface area contributed by atoms with Gasteiger partial charge in [0.15, 0.2) is 5.69 Å². The monoisotopic (exact) mass is 260 g/mol. The second-order valence-electron chi connectivity index (χ2n) is 3.77. The molecule has 0 radical (unpaired) electrons. The van der Waals surface area contributed by atoms with E-state index in [1.807, 2.05) is 0 Å². The maximum Gasteiger partial charge on any atom is 0.357 e. The number of hydrogen-bond acceptors (Lipinski definition) is 4. The molecule has 0 aliphatic carbocycles. The number of H-pyrrole nitrogens is 1. The fourth-order valence-electron chi connectivity index (χ4n) is 1.65. The van der Waals surface area contributed by atoms with Crippen molar-refractivity contribution < 1.29 is 19.4 Å². The van der Waals surface area contributed by atoms with E-state index in [0.29, 0.717) is 23.1 Å². The number of carbonyl (C=O) groups is 2. The number of esters is 1. The summed E-state index contributed by atoms with van der Waals surface area (Å²) in [7, 11) is 0. The molecule has 6 nitrogen and oxygen atoms in total. The van der Waals surface area contributed by atoms with E-state index < -0.39 is 11.9 Å². The Hall–Kier alpha value is -2.63. The van der Waals surface area contributed by atoms with Crippen molar-refractivity contribution >= 4 is 28.9 Å². The summed E-state index contributed by atoms with van der Waals surface area (Å²) in [5.74, 6) is -1.54. The Kier molecular flexibility index (Phi) is 3.61. The molecule has 0 amide bonds. The lowest BCUT2D eigenvalue weighted by Crippen LogP contribution is -1.98. The van der Waals surface area contributed by atoms with Crippen molar-refractivity contribution in [3.05, 3.63) is 35.5 Å². The van der Waals surface area contributed by atoms with Crippen LogP contribution in [-0.2, 0) is 9.53 Å². The average molecular weight is 260 g/mol. The predicted octanol–water partition coefficient (Wildman–Crippen LogP) is 1.84. The molecule has 1 aromatic heterocycles. The van der Waals surface area contributed by atoms with Crippen LogP contribution in [0.5, 0.6) is 0 Å². The van der Waals surface area contributed by atoms with E-state index in [-0.39, 0.29) is 5.69 Å². The van der Waals surface area contributed by atoms with E-state index in [2.05, 4.69) is 10.2 Å². The topological polar surface area (TPSA) is 92.3 Å². The van der Waals surface area contributed by atoms with Gasteiger partial charge in [-0.25, -0.2) is 9.59 Å². The number of benzene rings is 1. The summed E-state index contributed by atoms with van der Waals surface area (Å²) >= 11 is 0. The molecule has 98 valence electrons. The Balaban J connectivity index is 2.32. The van der Waals surface area contributed by atoms with Gasteiger partial charge in [0.25, 0.3) is 0 Å². The minimum atomic E-state index is -1.10. The van der Waals surface area contributed by atoms with Crippen LogP contribution < -0.4 is 0 Å². The van der Waals surface area contributed by atoms with Crippen molar-refractivity contribution in [3.8, 4) is 0 Å². The first-order valence-corrected chi connectivity index (χ1v) is 5.68. The molecule has 2 rings (SSSR count). The summed E-state index contributed by atoms with van der Waals surface area (Å²) in [6.45, 7) is 2.04. The van der Waals surface area contributed by atoms with Gasteiger partial charge in [-0.2, -0.15) is 5.10 Å². The SMILES string of the molecule is CCOC(=O)C=Cc1ccc2[nH]nc(C(=O)O)c2c1. The molecule has 0 spiro atoms. The number of hydrogen-bond donors (Lipinski definition) is 2. The van der Waals surface area contributed by atoms with E-state index in [4.69, 9.17) is 9.84 Å². The van der Waals surface area contributed by atoms with Crippen LogP contribution in [-0.4, -0.2) is 33.8 Å². The highest BCUT2D eigenvalue weighted by molar-refractivity contribution is 6.01. The summed E-state index contributed by atoms with van der Waals surface area (Å²) in [6.07, 6.45) is 2.86. The Morgan fingerprint density at radius 1 is 1.47 bits per heavy atom. The fourth-order valence-corrected chi connectivity index (χ4v) is 1.65. The Morgan fingerprint density at radius 3 is 2.95 bits per heavy atom. The van der Waals surface area contributed by atoms with Gasteiger partial charge in [0.05, 0.1) is 12.1 Å². The van der Waals surface area contributed by atoms with E-state index >= 15 is 0 Å². The first kappa shape index (κ1) is 12.8. The summed E-state index contributed by atoms with van der Waals surface area (Å²) in [6, 6.07) is 5.11. The third-order valence-electron chi connectivity index (χ3n) is 2.49. The van der Waals surface area contributed by atoms with E-state index in [0.717, 1.165) is 0 Å². The molecule has 0 unspecified atom stereocenters. The largest absolute Gasteiger partial charge is 0.476 e. The molecule has 0 atom stereocenters. The highest BCUT2D eigenvalue weighted by Crippen LogP contribution is 2.18. The zero-order valence-electron chi connectivity index (χ0n) is 10.2. The number of nitrogens with one attached hydrogen (secondary N) is 1. The van der Waals surface area contributed by atoms with Crippen LogP contribution in [0.2, 0.25) is 0 Å². The lowest BCUT2D eigenvalue weighted by molar-refractivity contribution is -0.137. The van der Waals surface area contributed by atoms with Crippen molar-refractivity contribution in [1.82, 2.24) is 10.2 Å². The maximum atomic E-state index is 11.2. The van der Waals surface area contributed by atoms with Gasteiger partial charge in [0.1, 0.15) is 0 Å². The van der Waals surface area contributed by atoms with E-state index in [1.54, 1.807) is 31.2 Å². The number of carboxylic acids is 1. The number of carbonyl (C=O) groups excluding carboxylic acids is 1. The molecular formula is C13H12N2O4. The molecule has 0 aliphatic heterocycles. The van der Waals surface area contributed by atoms with Crippen molar-refractivity contribution in [1.29, 1.82) is 0 Å². The number of aromatic amines is 1. The zero-order valence-corrected chi connectivity index (χ0v) is 10.2. The lowest BCUT2D eigenvalue weighted by atomic mass is 10.1. The minimum Gasteiger partial charge on any atom is -0.476 e. The van der Waals surface area contributed by atoms with Crippen LogP contribution in [0.3, 0.4) is 0 Å². The molecule has 0 fully saturated rings. The number of aromatic carboxylic acids is 1. The fraction of sp³-hybridized carbons (Fsp3) is 0.154. The third kappa shape index (κ3) is 2.79. The molecule has 19 heavy (non-hydrogen) atoms. The smallest absolute Gasteiger partial charge is 0.357 e. The summed E-state index contributed by atoms with van der Waals surface area (Å²) in [5, 5.41) is 15.8. The molecule has 0 saturated carbocycles. The van der Waals surface area contributed by atoms with Crippen molar-refractivity contribution in [2.45, 2.75) is 6.92 Å². The Labute approximate surface area is 108 Å². The van der Waals surface area contributed by atoms with Crippen LogP contribution >= 0.6 is 0 Å². The predicted molar refractivity (Wildman–Crippen MR) is 68.7 cm³/mol. The molecule has 1 aromatic carbocycles. The second-order valence-corrected chi connectivity index (χ2v) is 3.77. The number of carboxylic acid groups (broad SMARTS) is 1. The third-order valence-corrected chi connectivity index (χ3v) is 2.49. The summed E-state index contributed by atoms with van der Waals surface area (Å²) in [5.41, 5.74) is 1.29. The molecule has 2 N–H and O–H groups in total. The van der Waals surface area contributed by atoms with Gasteiger partial charge >= 0.3 is 11.9 Å². The van der Waals surface area contributed by atoms with Crippen LogP contribution in [0.25, 0.3) is 17.0 Å². The number of aromatic nitrogens is 2. The lowest BCUT2D eigenvalue weighted by Gasteiger charge is -1.96. The molecule has 2 aromatic rings. The first-order chi connectivity index (χ1) is 9.11. The summed E-state index contributed by atoms with van der Waals surface area (Å²) < 4.78 is 4.76. The Bertz CT molecular complexity index is 658. The minimum absolute atomic E-state index is 0.0404. The second kappa shape index (κ2) is 5.34. The van der Waals surface area contributed by atoms with E-state index in [1.165, 1.54) is 6.08 Å². The molecule has 0 saturated heterocycles. The quantitative estimate of drug-likeness (QED) is 0.646. The highest BCUT2D eigenvalue weighted by Gasteiger charge is 2.12. The summed E-state index contributed by atoms with van der Waals surface area (Å²) in [4.78, 5) is 22.1. The standard InChI is InChI=1S/C13H12N2O4/c1-2-19-11(16)6-4-8-3-5-10-9(7-8)12(13(17)18)15-14-10/h3-7H,2H2,1H3,(H,14,15)(H,17,18). The van der Waals surface area contributed by atoms with Gasteiger partial charge in [-0.15, -0.1) is 0 Å². The van der Waals surface area contributed by atoms with Crippen molar-refractivity contribution in [2.24, 2.45) is 0 Å². The number of ether oxygens (including phenoxy) is 1. The zero-order chi connectivity index (χ0) is 13.8. The number of rotatable bonds is 4. The van der Waals surface area contributed by atoms with Gasteiger partial charge in [-0.1, -0.05) is 6.07 Å². The molecule has 0 bridgehead atoms. The van der Waals surface area contributed by atoms with E-state index in [9.17, 15) is 9.59 Å². The average Bonchev–Trinajstić information content (AvgIpc) is 2.79. The van der Waals surface area contributed by atoms with Crippen LogP contribution in [0.1, 0.15) is 23.0 Å². The van der Waals surface area contributed by atoms with Crippen LogP contribution in [0.15, 0.2) is 24.3 Å². The van der Waals surface area contributed by atoms with Gasteiger partial charge in [0.2, 0.25) is 0 Å². The van der Waals surface area contributed by atoms with Crippen molar-refractivity contribution in [3.63, 3.8) is 0 Å². The normalized spacial score (nSPS) is 11.0. The van der Waals surface area contributed by atoms with Crippen molar-refractivity contribution in [2.75, 3.05) is 6.61 Å². The van der Waals surface area contributed by atoms with Gasteiger partial charge in [0, 0.05) is 11.5 Å². The van der Waals surface area contributed by atoms with Gasteiger partial charge < -0.3 is 9.84 Å². The number of fused-ring (bicyclic) bond motifs is 1.